The number of benzene rings is 2. The molecule has 0 saturated carbocycles. The van der Waals surface area contributed by atoms with E-state index in [1.165, 1.54) is 250 Å². The summed E-state index contributed by atoms with van der Waals surface area (Å²) < 4.78 is 0. The zero-order valence-corrected chi connectivity index (χ0v) is 57.2. The van der Waals surface area contributed by atoms with Crippen LogP contribution < -0.4 is 10.2 Å². The van der Waals surface area contributed by atoms with Crippen molar-refractivity contribution in [2.75, 3.05) is 0 Å². The van der Waals surface area contributed by atoms with Gasteiger partial charge in [0.25, 0.3) is 0 Å². The standard InChI is InChI=1S/C18H22O2.3C18H36O2.Zn/c1-17(2,15-11-7-5-8-12-15)19-20-18(3,4)16-13-9-6-10-14-16;3*1-2-3-4-5-6-7-8-9-10-11-12-13-14-15-16-17-18(19)20;/h5-14H,1-4H3;3*2-17H2,1H3,(H,19,20);/q;;;;+2/p-2. The van der Waals surface area contributed by atoms with E-state index in [-0.39, 0.29) is 32.3 Å². The summed E-state index contributed by atoms with van der Waals surface area (Å²) in [6.45, 7) is 14.8. The van der Waals surface area contributed by atoms with Crippen LogP contribution in [0.5, 0.6) is 0 Å². The van der Waals surface area contributed by atoms with E-state index < -0.39 is 29.1 Å². The Kier molecular flexibility index (Phi) is 64.7. The normalized spacial score (nSPS) is 11.1. The topological polar surface area (TPSA) is 136 Å². The van der Waals surface area contributed by atoms with E-state index in [0.29, 0.717) is 6.42 Å². The molecule has 0 spiro atoms. The summed E-state index contributed by atoms with van der Waals surface area (Å²) >= 11 is 0. The average molecular weight is 1190 g/mol. The van der Waals surface area contributed by atoms with E-state index in [1.54, 1.807) is 0 Å². The van der Waals surface area contributed by atoms with Crippen LogP contribution in [0, 0.1) is 0 Å². The number of hydrogen-bond donors (Lipinski definition) is 1. The second-order valence-corrected chi connectivity index (χ2v) is 24.2. The number of carboxylic acid groups (broad SMARTS) is 3. The molecule has 2 aromatic rings. The van der Waals surface area contributed by atoms with Gasteiger partial charge in [0.15, 0.2) is 0 Å². The molecule has 0 aromatic heterocycles. The molecule has 0 aliphatic rings. The Morgan fingerprint density at radius 1 is 0.321 bits per heavy atom. The van der Waals surface area contributed by atoms with Crippen LogP contribution in [0.25, 0.3) is 0 Å². The Morgan fingerprint density at radius 2 is 0.494 bits per heavy atom. The zero-order valence-electron chi connectivity index (χ0n) is 54.2. The smallest absolute Gasteiger partial charge is 0.550 e. The molecule has 0 unspecified atom stereocenters. The summed E-state index contributed by atoms with van der Waals surface area (Å²) in [6, 6.07) is 20.2. The van der Waals surface area contributed by atoms with Crippen LogP contribution in [0.4, 0.5) is 0 Å². The van der Waals surface area contributed by atoms with Crippen molar-refractivity contribution >= 4 is 17.9 Å². The van der Waals surface area contributed by atoms with Crippen molar-refractivity contribution in [1.82, 2.24) is 0 Å². The summed E-state index contributed by atoms with van der Waals surface area (Å²) in [6.07, 6.45) is 59.9. The van der Waals surface area contributed by atoms with Gasteiger partial charge in [-0.25, -0.2) is 9.78 Å². The third-order valence-electron chi connectivity index (χ3n) is 15.4. The first-order chi connectivity index (χ1) is 38.7. The number of carbonyl (C=O) groups excluding carboxylic acids is 2. The van der Waals surface area contributed by atoms with Crippen LogP contribution in [0.15, 0.2) is 60.7 Å². The molecule has 0 atom stereocenters. The summed E-state index contributed by atoms with van der Waals surface area (Å²) in [5.41, 5.74) is 1.19. The van der Waals surface area contributed by atoms with Gasteiger partial charge in [0.2, 0.25) is 0 Å². The number of aliphatic carboxylic acids is 3. The van der Waals surface area contributed by atoms with Gasteiger partial charge in [-0.15, -0.1) is 0 Å². The van der Waals surface area contributed by atoms with E-state index >= 15 is 0 Å². The number of carboxylic acids is 3. The molecule has 0 aliphatic carbocycles. The number of carbonyl (C=O) groups is 3. The molecule has 466 valence electrons. The molecule has 0 bridgehead atoms. The molecular formula is C72H128O8Zn. The van der Waals surface area contributed by atoms with Gasteiger partial charge in [-0.3, -0.25) is 4.79 Å². The molecule has 0 radical (unpaired) electrons. The fraction of sp³-hybridized carbons (Fsp3) is 0.792. The van der Waals surface area contributed by atoms with Gasteiger partial charge >= 0.3 is 25.4 Å². The van der Waals surface area contributed by atoms with Crippen LogP contribution in [-0.4, -0.2) is 23.0 Å². The molecule has 9 heteroatoms. The summed E-state index contributed by atoms with van der Waals surface area (Å²) in [4.78, 5) is 42.2. The largest absolute Gasteiger partial charge is 2.00 e. The monoisotopic (exact) mass is 1180 g/mol. The van der Waals surface area contributed by atoms with Crippen molar-refractivity contribution < 1.29 is 59.0 Å². The molecule has 0 saturated heterocycles. The van der Waals surface area contributed by atoms with Crippen LogP contribution in [-0.2, 0) is 54.8 Å². The molecule has 0 fully saturated rings. The fourth-order valence-corrected chi connectivity index (χ4v) is 9.91. The third-order valence-corrected chi connectivity index (χ3v) is 15.4. The van der Waals surface area contributed by atoms with E-state index in [9.17, 15) is 24.6 Å². The minimum atomic E-state index is -0.903. The minimum Gasteiger partial charge on any atom is -0.550 e. The molecular weight excluding hydrogens is 1060 g/mol. The fourth-order valence-electron chi connectivity index (χ4n) is 9.91. The van der Waals surface area contributed by atoms with E-state index in [2.05, 4.69) is 20.8 Å². The number of rotatable bonds is 53. The van der Waals surface area contributed by atoms with E-state index in [0.717, 1.165) is 49.7 Å². The molecule has 0 amide bonds. The minimum absolute atomic E-state index is 0. The number of unbranched alkanes of at least 4 members (excludes halogenated alkanes) is 42. The van der Waals surface area contributed by atoms with Gasteiger partial charge in [-0.2, -0.15) is 0 Å². The molecule has 1 N–H and O–H groups in total. The first-order valence-electron chi connectivity index (χ1n) is 33.8. The van der Waals surface area contributed by atoms with E-state index in [4.69, 9.17) is 14.9 Å². The van der Waals surface area contributed by atoms with Gasteiger partial charge in [0, 0.05) is 18.4 Å². The Balaban J connectivity index is -0.000000997. The predicted octanol–water partition coefficient (Wildman–Crippen LogP) is 21.1. The Morgan fingerprint density at radius 3 is 0.667 bits per heavy atom. The van der Waals surface area contributed by atoms with Crippen molar-refractivity contribution in [3.8, 4) is 0 Å². The van der Waals surface area contributed by atoms with Crippen molar-refractivity contribution in [3.05, 3.63) is 71.8 Å². The van der Waals surface area contributed by atoms with Gasteiger partial charge in [0.05, 0.1) is 0 Å². The first kappa shape index (κ1) is 82.6. The summed E-state index contributed by atoms with van der Waals surface area (Å²) in [5, 5.41) is 29.0. The Hall–Kier alpha value is -2.61. The maximum Gasteiger partial charge on any atom is 2.00 e. The van der Waals surface area contributed by atoms with E-state index in [1.807, 2.05) is 88.4 Å². The molecule has 0 aliphatic heterocycles. The number of hydrogen-bond acceptors (Lipinski definition) is 7. The van der Waals surface area contributed by atoms with Gasteiger partial charge < -0.3 is 24.9 Å². The summed E-state index contributed by atoms with van der Waals surface area (Å²) in [5.74, 6) is -2.46. The van der Waals surface area contributed by atoms with Crippen molar-refractivity contribution in [1.29, 1.82) is 0 Å². The maximum atomic E-state index is 10.3. The zero-order chi connectivity index (χ0) is 59.3. The van der Waals surface area contributed by atoms with Gasteiger partial charge in [0.1, 0.15) is 11.2 Å². The SMILES string of the molecule is CC(C)(OOC(C)(C)c1ccccc1)c1ccccc1.CCCCCCCCCCCCCCCCCC(=O)O.CCCCCCCCCCCCCCCCCC(=O)[O-].CCCCCCCCCCCCCCCCCC(=O)[O-].[Zn+2]. The Labute approximate surface area is 513 Å². The van der Waals surface area contributed by atoms with Gasteiger partial charge in [-0.1, -0.05) is 351 Å². The average Bonchev–Trinajstić information content (AvgIpc) is 3.44. The van der Waals surface area contributed by atoms with Crippen LogP contribution >= 0.6 is 0 Å². The molecule has 2 rings (SSSR count). The van der Waals surface area contributed by atoms with Crippen LogP contribution in [0.2, 0.25) is 0 Å². The molecule has 8 nitrogen and oxygen atoms in total. The second kappa shape index (κ2) is 63.4. The maximum absolute atomic E-state index is 10.3. The summed E-state index contributed by atoms with van der Waals surface area (Å²) in [7, 11) is 0. The second-order valence-electron chi connectivity index (χ2n) is 24.2. The van der Waals surface area contributed by atoms with Crippen LogP contribution in [0.3, 0.4) is 0 Å². The Bertz CT molecular complexity index is 1430. The molecule has 2 aromatic carbocycles. The molecule has 0 heterocycles. The van der Waals surface area contributed by atoms with Crippen molar-refractivity contribution in [2.24, 2.45) is 0 Å². The third kappa shape index (κ3) is 63.3. The first-order valence-corrected chi connectivity index (χ1v) is 33.8. The van der Waals surface area contributed by atoms with Crippen molar-refractivity contribution in [2.45, 2.75) is 368 Å². The van der Waals surface area contributed by atoms with Crippen LogP contribution in [0.1, 0.15) is 368 Å². The molecule has 81 heavy (non-hydrogen) atoms. The predicted molar refractivity (Wildman–Crippen MR) is 337 cm³/mol. The van der Waals surface area contributed by atoms with Crippen molar-refractivity contribution in [3.63, 3.8) is 0 Å². The van der Waals surface area contributed by atoms with Gasteiger partial charge in [-0.05, 0) is 70.9 Å². The quantitative estimate of drug-likeness (QED) is 0.0299.